The van der Waals surface area contributed by atoms with Gasteiger partial charge in [0.1, 0.15) is 0 Å². The van der Waals surface area contributed by atoms with Gasteiger partial charge in [-0.1, -0.05) is 13.0 Å². The molecule has 0 spiro atoms. The van der Waals surface area contributed by atoms with Crippen LogP contribution >= 0.6 is 0 Å². The van der Waals surface area contributed by atoms with Crippen LogP contribution in [0.25, 0.3) is 0 Å². The zero-order chi connectivity index (χ0) is 12.4. The number of aliphatic hydroxyl groups is 1. The lowest BCUT2D eigenvalue weighted by Crippen LogP contribution is -2.14. The molecule has 17 heavy (non-hydrogen) atoms. The Bertz CT molecular complexity index is 389. The van der Waals surface area contributed by atoms with Crippen LogP contribution in [0.5, 0.6) is 11.5 Å². The lowest BCUT2D eigenvalue weighted by molar-refractivity contribution is 0.136. The molecule has 0 radical (unpaired) electrons. The minimum Gasteiger partial charge on any atom is -0.493 e. The van der Waals surface area contributed by atoms with E-state index in [9.17, 15) is 5.11 Å². The highest BCUT2D eigenvalue weighted by Gasteiger charge is 2.32. The molecule has 0 amide bonds. The van der Waals surface area contributed by atoms with Crippen LogP contribution in [0.15, 0.2) is 18.2 Å². The van der Waals surface area contributed by atoms with Gasteiger partial charge in [-0.2, -0.15) is 0 Å². The van der Waals surface area contributed by atoms with Crippen LogP contribution < -0.4 is 9.47 Å². The Kier molecular flexibility index (Phi) is 3.57. The predicted molar refractivity (Wildman–Crippen MR) is 66.7 cm³/mol. The van der Waals surface area contributed by atoms with Gasteiger partial charge in [-0.3, -0.25) is 0 Å². The highest BCUT2D eigenvalue weighted by atomic mass is 16.5. The van der Waals surface area contributed by atoms with Gasteiger partial charge in [-0.15, -0.1) is 0 Å². The van der Waals surface area contributed by atoms with Crippen LogP contribution in [0, 0.1) is 5.92 Å². The number of hydrogen-bond acceptors (Lipinski definition) is 3. The normalized spacial score (nSPS) is 28.1. The van der Waals surface area contributed by atoms with E-state index >= 15 is 0 Å². The second-order valence-electron chi connectivity index (χ2n) is 4.72. The first-order valence-electron chi connectivity index (χ1n) is 6.07. The molecule has 1 N–H and O–H groups in total. The average Bonchev–Trinajstić information content (AvgIpc) is 2.69. The van der Waals surface area contributed by atoms with Crippen molar-refractivity contribution < 1.29 is 14.6 Å². The van der Waals surface area contributed by atoms with E-state index in [0.717, 1.165) is 24.3 Å². The molecule has 0 bridgehead atoms. The van der Waals surface area contributed by atoms with Crippen molar-refractivity contribution in [2.45, 2.75) is 31.8 Å². The summed E-state index contributed by atoms with van der Waals surface area (Å²) in [6.45, 7) is 2.11. The quantitative estimate of drug-likeness (QED) is 0.876. The van der Waals surface area contributed by atoms with Gasteiger partial charge in [0.15, 0.2) is 11.5 Å². The van der Waals surface area contributed by atoms with Crippen molar-refractivity contribution in [3.63, 3.8) is 0 Å². The molecule has 94 valence electrons. The SMILES string of the molecule is COc1ccc(C2CCC(O)C2C)cc1OC. The van der Waals surface area contributed by atoms with E-state index < -0.39 is 0 Å². The molecule has 1 aliphatic rings. The molecule has 0 saturated heterocycles. The number of hydrogen-bond donors (Lipinski definition) is 1. The van der Waals surface area contributed by atoms with Gasteiger partial charge < -0.3 is 14.6 Å². The van der Waals surface area contributed by atoms with E-state index in [-0.39, 0.29) is 6.10 Å². The summed E-state index contributed by atoms with van der Waals surface area (Å²) in [5.74, 6) is 2.25. The zero-order valence-corrected chi connectivity index (χ0v) is 10.6. The molecule has 1 aromatic carbocycles. The Morgan fingerprint density at radius 2 is 1.82 bits per heavy atom. The van der Waals surface area contributed by atoms with Crippen LogP contribution in [-0.2, 0) is 0 Å². The maximum absolute atomic E-state index is 9.80. The second kappa shape index (κ2) is 4.96. The Labute approximate surface area is 102 Å². The van der Waals surface area contributed by atoms with Crippen LogP contribution in [0.1, 0.15) is 31.2 Å². The zero-order valence-electron chi connectivity index (χ0n) is 10.6. The first-order chi connectivity index (χ1) is 8.17. The predicted octanol–water partition coefficient (Wildman–Crippen LogP) is 2.58. The lowest BCUT2D eigenvalue weighted by atomic mass is 9.89. The van der Waals surface area contributed by atoms with Gasteiger partial charge in [0, 0.05) is 0 Å². The maximum atomic E-state index is 9.80. The Balaban J connectivity index is 2.27. The monoisotopic (exact) mass is 236 g/mol. The molecule has 1 aromatic rings. The second-order valence-corrected chi connectivity index (χ2v) is 4.72. The van der Waals surface area contributed by atoms with E-state index in [1.165, 1.54) is 5.56 Å². The summed E-state index contributed by atoms with van der Waals surface area (Å²) in [4.78, 5) is 0. The van der Waals surface area contributed by atoms with E-state index in [2.05, 4.69) is 13.0 Å². The molecule has 1 saturated carbocycles. The fourth-order valence-corrected chi connectivity index (χ4v) is 2.70. The number of benzene rings is 1. The molecule has 0 aliphatic heterocycles. The number of rotatable bonds is 3. The van der Waals surface area contributed by atoms with Crippen molar-refractivity contribution in [1.29, 1.82) is 0 Å². The smallest absolute Gasteiger partial charge is 0.160 e. The van der Waals surface area contributed by atoms with Gasteiger partial charge in [0.25, 0.3) is 0 Å². The van der Waals surface area contributed by atoms with Crippen LogP contribution in [0.2, 0.25) is 0 Å². The molecule has 1 fully saturated rings. The Morgan fingerprint density at radius 1 is 1.12 bits per heavy atom. The topological polar surface area (TPSA) is 38.7 Å². The minimum absolute atomic E-state index is 0.173. The molecular weight excluding hydrogens is 216 g/mol. The number of aliphatic hydroxyl groups excluding tert-OH is 1. The summed E-state index contributed by atoms with van der Waals surface area (Å²) in [6, 6.07) is 6.03. The summed E-state index contributed by atoms with van der Waals surface area (Å²) >= 11 is 0. The van der Waals surface area contributed by atoms with Crippen LogP contribution in [-0.4, -0.2) is 25.4 Å². The Hall–Kier alpha value is -1.22. The third-order valence-electron chi connectivity index (χ3n) is 3.85. The van der Waals surface area contributed by atoms with Crippen molar-refractivity contribution >= 4 is 0 Å². The van der Waals surface area contributed by atoms with E-state index in [1.807, 2.05) is 12.1 Å². The summed E-state index contributed by atoms with van der Waals surface area (Å²) in [6.07, 6.45) is 1.76. The fourth-order valence-electron chi connectivity index (χ4n) is 2.70. The van der Waals surface area contributed by atoms with Crippen molar-refractivity contribution in [2.75, 3.05) is 14.2 Å². The molecule has 0 heterocycles. The molecule has 3 heteroatoms. The van der Waals surface area contributed by atoms with Gasteiger partial charge in [0.05, 0.1) is 20.3 Å². The van der Waals surface area contributed by atoms with E-state index in [0.29, 0.717) is 11.8 Å². The van der Waals surface area contributed by atoms with Crippen molar-refractivity contribution in [1.82, 2.24) is 0 Å². The molecule has 3 nitrogen and oxygen atoms in total. The first kappa shape index (κ1) is 12.2. The average molecular weight is 236 g/mol. The molecule has 2 rings (SSSR count). The van der Waals surface area contributed by atoms with Gasteiger partial charge in [0.2, 0.25) is 0 Å². The van der Waals surface area contributed by atoms with Gasteiger partial charge in [-0.25, -0.2) is 0 Å². The Morgan fingerprint density at radius 3 is 2.35 bits per heavy atom. The van der Waals surface area contributed by atoms with Gasteiger partial charge in [-0.05, 0) is 42.4 Å². The van der Waals surface area contributed by atoms with Crippen LogP contribution in [0.4, 0.5) is 0 Å². The first-order valence-corrected chi connectivity index (χ1v) is 6.07. The summed E-state index contributed by atoms with van der Waals surface area (Å²) in [5.41, 5.74) is 1.23. The molecule has 3 atom stereocenters. The maximum Gasteiger partial charge on any atom is 0.160 e. The van der Waals surface area contributed by atoms with E-state index in [4.69, 9.17) is 9.47 Å². The standard InChI is InChI=1S/C14H20O3/c1-9-11(5-6-12(9)15)10-4-7-13(16-2)14(8-10)17-3/h4,7-9,11-12,15H,5-6H2,1-3H3. The molecule has 1 aliphatic carbocycles. The number of methoxy groups -OCH3 is 2. The van der Waals surface area contributed by atoms with Crippen molar-refractivity contribution in [3.05, 3.63) is 23.8 Å². The molecule has 3 unspecified atom stereocenters. The minimum atomic E-state index is -0.173. The van der Waals surface area contributed by atoms with Crippen molar-refractivity contribution in [2.24, 2.45) is 5.92 Å². The van der Waals surface area contributed by atoms with Crippen LogP contribution in [0.3, 0.4) is 0 Å². The summed E-state index contributed by atoms with van der Waals surface area (Å²) in [7, 11) is 3.29. The summed E-state index contributed by atoms with van der Waals surface area (Å²) < 4.78 is 10.5. The molecule has 0 aromatic heterocycles. The third-order valence-corrected chi connectivity index (χ3v) is 3.85. The molecular formula is C14H20O3. The largest absolute Gasteiger partial charge is 0.493 e. The summed E-state index contributed by atoms with van der Waals surface area (Å²) in [5, 5.41) is 9.80. The van der Waals surface area contributed by atoms with E-state index in [1.54, 1.807) is 14.2 Å². The van der Waals surface area contributed by atoms with Gasteiger partial charge >= 0.3 is 0 Å². The number of ether oxygens (including phenoxy) is 2. The third kappa shape index (κ3) is 2.25. The fraction of sp³-hybridized carbons (Fsp3) is 0.571. The highest BCUT2D eigenvalue weighted by molar-refractivity contribution is 5.44. The lowest BCUT2D eigenvalue weighted by Gasteiger charge is -2.19. The highest BCUT2D eigenvalue weighted by Crippen LogP contribution is 2.41. The van der Waals surface area contributed by atoms with Crippen molar-refractivity contribution in [3.8, 4) is 11.5 Å².